The van der Waals surface area contributed by atoms with Crippen LogP contribution < -0.4 is 10.9 Å². The molecule has 4 nitrogen and oxygen atoms in total. The second kappa shape index (κ2) is 6.37. The Morgan fingerprint density at radius 2 is 1.74 bits per heavy atom. The Hall–Kier alpha value is -1.81. The van der Waals surface area contributed by atoms with E-state index in [2.05, 4.69) is 23.4 Å². The Kier molecular flexibility index (Phi) is 4.08. The smallest absolute Gasteiger partial charge is 0.288 e. The van der Waals surface area contributed by atoms with Gasteiger partial charge in [0.25, 0.3) is 5.56 Å². The van der Waals surface area contributed by atoms with Crippen molar-refractivity contribution in [2.75, 3.05) is 5.32 Å². The minimum Gasteiger partial charge on any atom is -0.353 e. The van der Waals surface area contributed by atoms with Gasteiger partial charge in [0, 0.05) is 5.69 Å². The summed E-state index contributed by atoms with van der Waals surface area (Å²) in [4.78, 5) is 13.2. The zero-order chi connectivity index (χ0) is 18.6. The normalized spacial score (nSPS) is 31.3. The number of benzene rings is 1. The van der Waals surface area contributed by atoms with Crippen LogP contribution in [0.2, 0.25) is 5.02 Å². The van der Waals surface area contributed by atoms with Crippen LogP contribution in [-0.2, 0) is 12.0 Å². The molecule has 0 saturated heterocycles. The number of anilines is 2. The van der Waals surface area contributed by atoms with E-state index in [1.807, 2.05) is 18.2 Å². The number of nitrogens with zero attached hydrogens (tertiary/aromatic N) is 2. The maximum absolute atomic E-state index is 13.2. The van der Waals surface area contributed by atoms with E-state index in [9.17, 15) is 4.79 Å². The highest BCUT2D eigenvalue weighted by Gasteiger charge is 2.53. The van der Waals surface area contributed by atoms with Crippen molar-refractivity contribution in [3.63, 3.8) is 0 Å². The Morgan fingerprint density at radius 3 is 2.37 bits per heavy atom. The first-order valence-electron chi connectivity index (χ1n) is 10.2. The molecule has 0 radical (unpaired) electrons. The molecule has 1 aromatic carbocycles. The molecule has 5 heteroatoms. The molecule has 4 fully saturated rings. The molecule has 2 aromatic rings. The van der Waals surface area contributed by atoms with Crippen LogP contribution in [0.4, 0.5) is 11.4 Å². The van der Waals surface area contributed by atoms with Crippen LogP contribution in [0.3, 0.4) is 0 Å². The summed E-state index contributed by atoms with van der Waals surface area (Å²) in [7, 11) is 0. The van der Waals surface area contributed by atoms with Crippen molar-refractivity contribution in [1.82, 2.24) is 9.78 Å². The van der Waals surface area contributed by atoms with E-state index in [0.29, 0.717) is 5.69 Å². The number of aryl methyl sites for hydroxylation is 1. The number of hydrogen-bond acceptors (Lipinski definition) is 3. The van der Waals surface area contributed by atoms with Gasteiger partial charge in [-0.1, -0.05) is 36.7 Å². The van der Waals surface area contributed by atoms with Crippen LogP contribution in [0.5, 0.6) is 0 Å². The van der Waals surface area contributed by atoms with Gasteiger partial charge in [-0.05, 0) is 74.3 Å². The number of aromatic nitrogens is 2. The maximum atomic E-state index is 13.2. The molecule has 6 rings (SSSR count). The van der Waals surface area contributed by atoms with E-state index >= 15 is 0 Å². The van der Waals surface area contributed by atoms with Gasteiger partial charge in [-0.3, -0.25) is 4.79 Å². The fraction of sp³-hybridized carbons (Fsp3) is 0.545. The second-order valence-electron chi connectivity index (χ2n) is 8.87. The standard InChI is InChI=1S/C22H26ClN3O/c1-2-17-5-3-4-6-18(17)25-19-13-24-26(21(27)20(19)23)22-10-14-7-15(11-22)9-16(8-14)12-22/h3-6,13-16,25H,2,7-12H2,1H3. The summed E-state index contributed by atoms with van der Waals surface area (Å²) in [6, 6.07) is 8.11. The van der Waals surface area contributed by atoms with E-state index in [4.69, 9.17) is 11.6 Å². The van der Waals surface area contributed by atoms with Crippen LogP contribution in [0.25, 0.3) is 0 Å². The summed E-state index contributed by atoms with van der Waals surface area (Å²) in [6.07, 6.45) is 9.96. The lowest BCUT2D eigenvalue weighted by Gasteiger charge is -2.56. The monoisotopic (exact) mass is 383 g/mol. The van der Waals surface area contributed by atoms with E-state index in [-0.39, 0.29) is 16.1 Å². The highest BCUT2D eigenvalue weighted by Crippen LogP contribution is 2.58. The lowest BCUT2D eigenvalue weighted by Crippen LogP contribution is -2.55. The molecular weight excluding hydrogens is 358 g/mol. The quantitative estimate of drug-likeness (QED) is 0.796. The second-order valence-corrected chi connectivity index (χ2v) is 9.24. The molecule has 142 valence electrons. The average Bonchev–Trinajstić information content (AvgIpc) is 2.64. The Labute approximate surface area is 164 Å². The molecule has 4 aliphatic rings. The van der Waals surface area contributed by atoms with Crippen molar-refractivity contribution >= 4 is 23.0 Å². The molecule has 27 heavy (non-hydrogen) atoms. The van der Waals surface area contributed by atoms with Crippen LogP contribution in [0, 0.1) is 17.8 Å². The third-order valence-corrected chi connectivity index (χ3v) is 7.41. The fourth-order valence-corrected chi connectivity index (χ4v) is 6.45. The zero-order valence-electron chi connectivity index (χ0n) is 15.7. The first kappa shape index (κ1) is 17.3. The number of halogens is 1. The summed E-state index contributed by atoms with van der Waals surface area (Å²) in [6.45, 7) is 2.12. The molecule has 1 aromatic heterocycles. The lowest BCUT2D eigenvalue weighted by atomic mass is 9.53. The summed E-state index contributed by atoms with van der Waals surface area (Å²) in [5, 5.41) is 8.22. The SMILES string of the molecule is CCc1ccccc1Nc1cnn(C23CC4CC(CC(C4)C2)C3)c(=O)c1Cl. The van der Waals surface area contributed by atoms with Gasteiger partial charge in [0.05, 0.1) is 17.4 Å². The van der Waals surface area contributed by atoms with Crippen molar-refractivity contribution in [2.45, 2.75) is 57.4 Å². The summed E-state index contributed by atoms with van der Waals surface area (Å²) in [5.74, 6) is 2.29. The van der Waals surface area contributed by atoms with Crippen molar-refractivity contribution in [1.29, 1.82) is 0 Å². The Morgan fingerprint density at radius 1 is 1.11 bits per heavy atom. The average molecular weight is 384 g/mol. The molecular formula is C22H26ClN3O. The van der Waals surface area contributed by atoms with Gasteiger partial charge in [-0.2, -0.15) is 5.10 Å². The molecule has 4 saturated carbocycles. The van der Waals surface area contributed by atoms with Crippen molar-refractivity contribution in [2.24, 2.45) is 17.8 Å². The number of hydrogen-bond donors (Lipinski definition) is 1. The molecule has 0 spiro atoms. The van der Waals surface area contributed by atoms with Crippen molar-refractivity contribution in [3.8, 4) is 0 Å². The Bertz CT molecular complexity index is 900. The molecule has 4 aliphatic carbocycles. The first-order chi connectivity index (χ1) is 13.1. The molecule has 0 amide bonds. The van der Waals surface area contributed by atoms with Crippen LogP contribution in [-0.4, -0.2) is 9.78 Å². The summed E-state index contributed by atoms with van der Waals surface area (Å²) in [5.41, 5.74) is 2.53. The molecule has 1 N–H and O–H groups in total. The molecule has 0 atom stereocenters. The van der Waals surface area contributed by atoms with Crippen LogP contribution in [0.1, 0.15) is 51.0 Å². The fourth-order valence-electron chi connectivity index (χ4n) is 6.28. The van der Waals surface area contributed by atoms with Crippen molar-refractivity contribution < 1.29 is 0 Å². The number of nitrogens with one attached hydrogen (secondary N) is 1. The lowest BCUT2D eigenvalue weighted by molar-refractivity contribution is -0.0518. The predicted molar refractivity (Wildman–Crippen MR) is 109 cm³/mol. The van der Waals surface area contributed by atoms with E-state index < -0.39 is 0 Å². The highest BCUT2D eigenvalue weighted by atomic mass is 35.5. The van der Waals surface area contributed by atoms with Gasteiger partial charge in [0.1, 0.15) is 5.02 Å². The predicted octanol–water partition coefficient (Wildman–Crippen LogP) is 5.13. The van der Waals surface area contributed by atoms with Gasteiger partial charge in [0.15, 0.2) is 0 Å². The highest BCUT2D eigenvalue weighted by molar-refractivity contribution is 6.33. The van der Waals surface area contributed by atoms with Crippen LogP contribution in [0.15, 0.2) is 35.3 Å². The van der Waals surface area contributed by atoms with Gasteiger partial charge in [-0.25, -0.2) is 4.68 Å². The minimum atomic E-state index is -0.141. The molecule has 0 unspecified atom stereocenters. The van der Waals surface area contributed by atoms with Crippen LogP contribution >= 0.6 is 11.6 Å². The largest absolute Gasteiger partial charge is 0.353 e. The summed E-state index contributed by atoms with van der Waals surface area (Å²) < 4.78 is 1.75. The zero-order valence-corrected chi connectivity index (χ0v) is 16.5. The van der Waals surface area contributed by atoms with Gasteiger partial charge < -0.3 is 5.32 Å². The van der Waals surface area contributed by atoms with E-state index in [1.165, 1.54) is 24.8 Å². The first-order valence-corrected chi connectivity index (χ1v) is 10.6. The third-order valence-electron chi connectivity index (χ3n) is 7.04. The van der Waals surface area contributed by atoms with Gasteiger partial charge >= 0.3 is 0 Å². The molecule has 4 bridgehead atoms. The van der Waals surface area contributed by atoms with E-state index in [0.717, 1.165) is 49.1 Å². The van der Waals surface area contributed by atoms with E-state index in [1.54, 1.807) is 10.9 Å². The molecule has 1 heterocycles. The maximum Gasteiger partial charge on any atom is 0.288 e. The topological polar surface area (TPSA) is 46.9 Å². The Balaban J connectivity index is 1.50. The van der Waals surface area contributed by atoms with Gasteiger partial charge in [-0.15, -0.1) is 0 Å². The number of para-hydroxylation sites is 1. The summed E-state index contributed by atoms with van der Waals surface area (Å²) >= 11 is 6.55. The van der Waals surface area contributed by atoms with Crippen molar-refractivity contribution in [3.05, 3.63) is 51.4 Å². The minimum absolute atomic E-state index is 0.102. The third kappa shape index (κ3) is 2.80. The number of rotatable bonds is 4. The molecule has 0 aliphatic heterocycles. The van der Waals surface area contributed by atoms with Gasteiger partial charge in [0.2, 0.25) is 0 Å².